The summed E-state index contributed by atoms with van der Waals surface area (Å²) < 4.78 is 38.7. The van der Waals surface area contributed by atoms with Gasteiger partial charge in [-0.15, -0.1) is 0 Å². The highest BCUT2D eigenvalue weighted by molar-refractivity contribution is 7.92. The second kappa shape index (κ2) is 10.8. The van der Waals surface area contributed by atoms with Crippen LogP contribution in [0.4, 0.5) is 5.69 Å². The van der Waals surface area contributed by atoms with E-state index in [1.165, 1.54) is 24.1 Å². The molecule has 0 bridgehead atoms. The maximum absolute atomic E-state index is 13.0. The third kappa shape index (κ3) is 6.35. The summed E-state index contributed by atoms with van der Waals surface area (Å²) in [6.07, 6.45) is 0. The lowest BCUT2D eigenvalue weighted by molar-refractivity contribution is -0.133. The Labute approximate surface area is 199 Å². The van der Waals surface area contributed by atoms with Crippen molar-refractivity contribution >= 4 is 27.6 Å². The van der Waals surface area contributed by atoms with Crippen molar-refractivity contribution in [1.82, 2.24) is 4.90 Å². The monoisotopic (exact) mass is 482 g/mol. The molecule has 0 radical (unpaired) electrons. The molecule has 3 aromatic rings. The van der Waals surface area contributed by atoms with Crippen LogP contribution in [0.1, 0.15) is 21.5 Å². The van der Waals surface area contributed by atoms with Gasteiger partial charge in [-0.3, -0.25) is 9.52 Å². The Bertz CT molecular complexity index is 1260. The normalized spacial score (nSPS) is 10.9. The SMILES string of the molecule is COc1ccc(C(=O)OCC(=O)N(C)Cc2ccccc2)cc1S(=O)(=O)Nc1ccc(C)cc1. The average Bonchev–Trinajstić information content (AvgIpc) is 2.83. The van der Waals surface area contributed by atoms with Crippen molar-refractivity contribution in [2.75, 3.05) is 25.5 Å². The fourth-order valence-electron chi connectivity index (χ4n) is 3.11. The number of ether oxygens (including phenoxy) is 2. The molecule has 0 spiro atoms. The van der Waals surface area contributed by atoms with E-state index in [4.69, 9.17) is 9.47 Å². The number of esters is 1. The highest BCUT2D eigenvalue weighted by atomic mass is 32.2. The van der Waals surface area contributed by atoms with E-state index in [-0.39, 0.29) is 22.1 Å². The maximum atomic E-state index is 13.0. The number of sulfonamides is 1. The molecule has 0 aliphatic heterocycles. The summed E-state index contributed by atoms with van der Waals surface area (Å²) in [6.45, 7) is 1.78. The maximum Gasteiger partial charge on any atom is 0.338 e. The third-order valence-electron chi connectivity index (χ3n) is 5.01. The first-order chi connectivity index (χ1) is 16.2. The van der Waals surface area contributed by atoms with E-state index in [9.17, 15) is 18.0 Å². The van der Waals surface area contributed by atoms with E-state index >= 15 is 0 Å². The van der Waals surface area contributed by atoms with Crippen LogP contribution in [0.5, 0.6) is 5.75 Å². The van der Waals surface area contributed by atoms with Crippen LogP contribution < -0.4 is 9.46 Å². The zero-order valence-electron chi connectivity index (χ0n) is 19.1. The molecule has 8 nitrogen and oxygen atoms in total. The Morgan fingerprint density at radius 3 is 2.29 bits per heavy atom. The summed E-state index contributed by atoms with van der Waals surface area (Å²) in [5.41, 5.74) is 2.27. The molecule has 3 aromatic carbocycles. The van der Waals surface area contributed by atoms with Gasteiger partial charge < -0.3 is 14.4 Å². The van der Waals surface area contributed by atoms with Crippen LogP contribution in [-0.2, 0) is 26.1 Å². The minimum absolute atomic E-state index is 0.0245. The summed E-state index contributed by atoms with van der Waals surface area (Å²) in [5, 5.41) is 0. The summed E-state index contributed by atoms with van der Waals surface area (Å²) in [5.74, 6) is -1.15. The zero-order valence-corrected chi connectivity index (χ0v) is 20.0. The number of carbonyl (C=O) groups is 2. The molecule has 0 aromatic heterocycles. The van der Waals surface area contributed by atoms with Gasteiger partial charge in [0.25, 0.3) is 15.9 Å². The van der Waals surface area contributed by atoms with Gasteiger partial charge in [0.1, 0.15) is 10.6 Å². The molecule has 178 valence electrons. The quantitative estimate of drug-likeness (QED) is 0.468. The molecule has 3 rings (SSSR count). The lowest BCUT2D eigenvalue weighted by atomic mass is 10.2. The smallest absolute Gasteiger partial charge is 0.338 e. The van der Waals surface area contributed by atoms with E-state index in [2.05, 4.69) is 4.72 Å². The minimum Gasteiger partial charge on any atom is -0.495 e. The van der Waals surface area contributed by atoms with Gasteiger partial charge in [0.15, 0.2) is 6.61 Å². The van der Waals surface area contributed by atoms with Crippen molar-refractivity contribution in [2.45, 2.75) is 18.4 Å². The van der Waals surface area contributed by atoms with E-state index in [0.717, 1.165) is 17.2 Å². The van der Waals surface area contributed by atoms with Crippen molar-refractivity contribution in [2.24, 2.45) is 0 Å². The molecule has 1 N–H and O–H groups in total. The Morgan fingerprint density at radius 2 is 1.65 bits per heavy atom. The third-order valence-corrected chi connectivity index (χ3v) is 6.41. The first kappa shape index (κ1) is 24.8. The number of methoxy groups -OCH3 is 1. The molecular formula is C25H26N2O6S. The summed E-state index contributed by atoms with van der Waals surface area (Å²) in [4.78, 5) is 26.1. The van der Waals surface area contributed by atoms with Crippen LogP contribution in [0, 0.1) is 6.92 Å². The van der Waals surface area contributed by atoms with Crippen molar-refractivity contribution in [3.05, 3.63) is 89.5 Å². The molecule has 0 unspecified atom stereocenters. The van der Waals surface area contributed by atoms with Crippen LogP contribution in [0.15, 0.2) is 77.7 Å². The van der Waals surface area contributed by atoms with Crippen LogP contribution in [-0.4, -0.2) is 46.0 Å². The van der Waals surface area contributed by atoms with E-state index in [1.807, 2.05) is 37.3 Å². The molecule has 0 aliphatic rings. The molecule has 34 heavy (non-hydrogen) atoms. The number of benzene rings is 3. The van der Waals surface area contributed by atoms with Gasteiger partial charge in [-0.05, 0) is 42.8 Å². The van der Waals surface area contributed by atoms with Crippen molar-refractivity contribution in [3.63, 3.8) is 0 Å². The van der Waals surface area contributed by atoms with Gasteiger partial charge in [-0.1, -0.05) is 48.0 Å². The number of carbonyl (C=O) groups excluding carboxylic acids is 2. The van der Waals surface area contributed by atoms with Crippen molar-refractivity contribution < 1.29 is 27.5 Å². The highest BCUT2D eigenvalue weighted by Crippen LogP contribution is 2.27. The number of hydrogen-bond acceptors (Lipinski definition) is 6. The number of aryl methyl sites for hydroxylation is 1. The second-order valence-electron chi connectivity index (χ2n) is 7.65. The average molecular weight is 483 g/mol. The van der Waals surface area contributed by atoms with Crippen LogP contribution >= 0.6 is 0 Å². The van der Waals surface area contributed by atoms with E-state index in [0.29, 0.717) is 12.2 Å². The first-order valence-electron chi connectivity index (χ1n) is 10.4. The number of nitrogens with one attached hydrogen (secondary N) is 1. The largest absolute Gasteiger partial charge is 0.495 e. The number of amides is 1. The predicted octanol–water partition coefficient (Wildman–Crippen LogP) is 3.62. The fourth-order valence-corrected chi connectivity index (χ4v) is 4.37. The Hall–Kier alpha value is -3.85. The summed E-state index contributed by atoms with van der Waals surface area (Å²) in [7, 11) is -1.12. The molecule has 0 saturated carbocycles. The number of nitrogens with zero attached hydrogens (tertiary/aromatic N) is 1. The number of likely N-dealkylation sites (N-methyl/N-ethyl adjacent to an activating group) is 1. The van der Waals surface area contributed by atoms with Gasteiger partial charge in [0.2, 0.25) is 0 Å². The van der Waals surface area contributed by atoms with Gasteiger partial charge >= 0.3 is 5.97 Å². The lowest BCUT2D eigenvalue weighted by Gasteiger charge is -2.17. The minimum atomic E-state index is -4.06. The second-order valence-corrected chi connectivity index (χ2v) is 9.30. The standard InChI is InChI=1S/C25H26N2O6S/c1-18-9-12-21(13-10-18)26-34(30,31)23-15-20(11-14-22(23)32-3)25(29)33-17-24(28)27(2)16-19-7-5-4-6-8-19/h4-15,26H,16-17H2,1-3H3. The fraction of sp³-hybridized carbons (Fsp3) is 0.200. The van der Waals surface area contributed by atoms with Gasteiger partial charge in [-0.2, -0.15) is 0 Å². The number of hydrogen-bond donors (Lipinski definition) is 1. The topological polar surface area (TPSA) is 102 Å². The summed E-state index contributed by atoms with van der Waals surface area (Å²) >= 11 is 0. The molecule has 0 atom stereocenters. The predicted molar refractivity (Wildman–Crippen MR) is 128 cm³/mol. The Balaban J connectivity index is 1.70. The van der Waals surface area contributed by atoms with Crippen LogP contribution in [0.3, 0.4) is 0 Å². The van der Waals surface area contributed by atoms with E-state index < -0.39 is 22.6 Å². The Morgan fingerprint density at radius 1 is 0.971 bits per heavy atom. The lowest BCUT2D eigenvalue weighted by Crippen LogP contribution is -2.30. The molecule has 0 heterocycles. The molecule has 9 heteroatoms. The number of rotatable bonds is 9. The molecule has 0 saturated heterocycles. The van der Waals surface area contributed by atoms with Crippen LogP contribution in [0.2, 0.25) is 0 Å². The first-order valence-corrected chi connectivity index (χ1v) is 11.9. The van der Waals surface area contributed by atoms with Gasteiger partial charge in [-0.25, -0.2) is 13.2 Å². The molecule has 0 aliphatic carbocycles. The highest BCUT2D eigenvalue weighted by Gasteiger charge is 2.23. The van der Waals surface area contributed by atoms with Crippen LogP contribution in [0.25, 0.3) is 0 Å². The summed E-state index contributed by atoms with van der Waals surface area (Å²) in [6, 6.07) is 20.1. The van der Waals surface area contributed by atoms with Gasteiger partial charge in [0, 0.05) is 19.3 Å². The van der Waals surface area contributed by atoms with Crippen molar-refractivity contribution in [1.29, 1.82) is 0 Å². The molecule has 1 amide bonds. The number of anilines is 1. The molecular weight excluding hydrogens is 456 g/mol. The van der Waals surface area contributed by atoms with Crippen molar-refractivity contribution in [3.8, 4) is 5.75 Å². The Kier molecular flexibility index (Phi) is 7.91. The van der Waals surface area contributed by atoms with Gasteiger partial charge in [0.05, 0.1) is 12.7 Å². The molecule has 0 fully saturated rings. The zero-order chi connectivity index (χ0) is 24.7. The van der Waals surface area contributed by atoms with E-state index in [1.54, 1.807) is 31.3 Å².